The first kappa shape index (κ1) is 13.0. The van der Waals surface area contributed by atoms with Crippen molar-refractivity contribution in [2.45, 2.75) is 64.3 Å². The average Bonchev–Trinajstić information content (AvgIpc) is 2.47. The van der Waals surface area contributed by atoms with Crippen LogP contribution in [0.4, 0.5) is 5.69 Å². The van der Waals surface area contributed by atoms with Crippen LogP contribution in [0.1, 0.15) is 57.4 Å². The van der Waals surface area contributed by atoms with E-state index in [4.69, 9.17) is 0 Å². The molecule has 1 N–H and O–H groups in total. The van der Waals surface area contributed by atoms with Crippen LogP contribution in [0.25, 0.3) is 0 Å². The summed E-state index contributed by atoms with van der Waals surface area (Å²) in [4.78, 5) is 0. The first-order chi connectivity index (χ1) is 9.35. The van der Waals surface area contributed by atoms with Crippen LogP contribution in [0.5, 0.6) is 0 Å². The molecule has 19 heavy (non-hydrogen) atoms. The SMILES string of the molecule is CCC1CCCC(CC2CCc3ccccc3N2)C1. The fourth-order valence-corrected chi connectivity index (χ4v) is 4.07. The Morgan fingerprint density at radius 3 is 2.84 bits per heavy atom. The number of para-hydroxylation sites is 1. The number of fused-ring (bicyclic) bond motifs is 1. The van der Waals surface area contributed by atoms with Crippen LogP contribution in [0.3, 0.4) is 0 Å². The van der Waals surface area contributed by atoms with Crippen LogP contribution in [-0.2, 0) is 6.42 Å². The zero-order valence-electron chi connectivity index (χ0n) is 12.2. The summed E-state index contributed by atoms with van der Waals surface area (Å²) < 4.78 is 0. The molecule has 0 amide bonds. The lowest BCUT2D eigenvalue weighted by molar-refractivity contribution is 0.239. The molecular weight excluding hydrogens is 230 g/mol. The second-order valence-corrected chi connectivity index (χ2v) is 6.58. The van der Waals surface area contributed by atoms with Gasteiger partial charge in [0, 0.05) is 11.7 Å². The van der Waals surface area contributed by atoms with E-state index in [0.29, 0.717) is 0 Å². The van der Waals surface area contributed by atoms with Gasteiger partial charge in [-0.1, -0.05) is 50.8 Å². The molecule has 1 nitrogen and oxygen atoms in total. The fourth-order valence-electron chi connectivity index (χ4n) is 4.07. The second kappa shape index (κ2) is 5.98. The van der Waals surface area contributed by atoms with Crippen molar-refractivity contribution < 1.29 is 0 Å². The van der Waals surface area contributed by atoms with Crippen molar-refractivity contribution >= 4 is 5.69 Å². The Balaban J connectivity index is 1.57. The van der Waals surface area contributed by atoms with Gasteiger partial charge >= 0.3 is 0 Å². The number of nitrogens with one attached hydrogen (secondary N) is 1. The molecule has 0 radical (unpaired) electrons. The number of aryl methyl sites for hydroxylation is 1. The molecule has 1 aromatic rings. The Morgan fingerprint density at radius 1 is 1.11 bits per heavy atom. The summed E-state index contributed by atoms with van der Waals surface area (Å²) in [6, 6.07) is 9.55. The molecule has 1 heteroatoms. The van der Waals surface area contributed by atoms with Gasteiger partial charge in [0.2, 0.25) is 0 Å². The molecule has 1 heterocycles. The third-order valence-corrected chi connectivity index (χ3v) is 5.23. The van der Waals surface area contributed by atoms with E-state index in [2.05, 4.69) is 36.5 Å². The molecule has 0 bridgehead atoms. The van der Waals surface area contributed by atoms with Gasteiger partial charge in [-0.15, -0.1) is 0 Å². The third-order valence-electron chi connectivity index (χ3n) is 5.23. The number of rotatable bonds is 3. The van der Waals surface area contributed by atoms with E-state index >= 15 is 0 Å². The Bertz CT molecular complexity index is 412. The molecule has 0 spiro atoms. The summed E-state index contributed by atoms with van der Waals surface area (Å²) in [5.74, 6) is 1.98. The van der Waals surface area contributed by atoms with Crippen molar-refractivity contribution in [1.29, 1.82) is 0 Å². The van der Waals surface area contributed by atoms with E-state index in [0.717, 1.165) is 17.9 Å². The molecule has 1 aliphatic carbocycles. The first-order valence-corrected chi connectivity index (χ1v) is 8.19. The Hall–Kier alpha value is -0.980. The van der Waals surface area contributed by atoms with E-state index in [1.54, 1.807) is 0 Å². The minimum atomic E-state index is 0.718. The molecule has 0 aromatic heterocycles. The molecule has 104 valence electrons. The third kappa shape index (κ3) is 3.13. The Labute approximate surface area is 117 Å². The van der Waals surface area contributed by atoms with Gasteiger partial charge in [-0.2, -0.15) is 0 Å². The summed E-state index contributed by atoms with van der Waals surface area (Å²) in [5, 5.41) is 3.78. The predicted octanol–water partition coefficient (Wildman–Crippen LogP) is 5.02. The van der Waals surface area contributed by atoms with Gasteiger partial charge in [0.1, 0.15) is 0 Å². The van der Waals surface area contributed by atoms with E-state index in [-0.39, 0.29) is 0 Å². The van der Waals surface area contributed by atoms with Crippen molar-refractivity contribution in [1.82, 2.24) is 0 Å². The monoisotopic (exact) mass is 257 g/mol. The standard InChI is InChI=1S/C18H27N/c1-2-14-6-5-7-15(12-14)13-17-11-10-16-8-3-4-9-18(16)19-17/h3-4,8-9,14-15,17,19H,2,5-7,10-13H2,1H3. The van der Waals surface area contributed by atoms with Crippen LogP contribution in [0.15, 0.2) is 24.3 Å². The van der Waals surface area contributed by atoms with Crippen LogP contribution < -0.4 is 5.32 Å². The second-order valence-electron chi connectivity index (χ2n) is 6.58. The minimum absolute atomic E-state index is 0.718. The lowest BCUT2D eigenvalue weighted by Gasteiger charge is -2.34. The highest BCUT2D eigenvalue weighted by Crippen LogP contribution is 2.35. The largest absolute Gasteiger partial charge is 0.382 e. The van der Waals surface area contributed by atoms with Crippen molar-refractivity contribution in [3.8, 4) is 0 Å². The quantitative estimate of drug-likeness (QED) is 0.801. The van der Waals surface area contributed by atoms with Gasteiger partial charge in [-0.3, -0.25) is 0 Å². The number of anilines is 1. The highest BCUT2D eigenvalue weighted by Gasteiger charge is 2.25. The van der Waals surface area contributed by atoms with Gasteiger partial charge in [0.15, 0.2) is 0 Å². The van der Waals surface area contributed by atoms with Gasteiger partial charge < -0.3 is 5.32 Å². The van der Waals surface area contributed by atoms with Crippen LogP contribution in [-0.4, -0.2) is 6.04 Å². The number of hydrogen-bond donors (Lipinski definition) is 1. The maximum Gasteiger partial charge on any atom is 0.0374 e. The zero-order chi connectivity index (χ0) is 13.1. The van der Waals surface area contributed by atoms with Crippen LogP contribution >= 0.6 is 0 Å². The van der Waals surface area contributed by atoms with Gasteiger partial charge in [0.05, 0.1) is 0 Å². The zero-order valence-corrected chi connectivity index (χ0v) is 12.2. The fraction of sp³-hybridized carbons (Fsp3) is 0.667. The lowest BCUT2D eigenvalue weighted by Crippen LogP contribution is -2.29. The summed E-state index contributed by atoms with van der Waals surface area (Å²) in [7, 11) is 0. The first-order valence-electron chi connectivity index (χ1n) is 8.19. The molecule has 3 atom stereocenters. The van der Waals surface area contributed by atoms with Crippen molar-refractivity contribution in [2.24, 2.45) is 11.8 Å². The van der Waals surface area contributed by atoms with Crippen molar-refractivity contribution in [2.75, 3.05) is 5.32 Å². The minimum Gasteiger partial charge on any atom is -0.382 e. The number of hydrogen-bond acceptors (Lipinski definition) is 1. The van der Waals surface area contributed by atoms with E-state index < -0.39 is 0 Å². The molecule has 2 aliphatic rings. The number of benzene rings is 1. The van der Waals surface area contributed by atoms with Gasteiger partial charge in [-0.05, 0) is 49.1 Å². The van der Waals surface area contributed by atoms with Crippen LogP contribution in [0.2, 0.25) is 0 Å². The molecule has 1 fully saturated rings. The molecule has 3 unspecified atom stereocenters. The molecule has 3 rings (SSSR count). The van der Waals surface area contributed by atoms with Crippen molar-refractivity contribution in [3.63, 3.8) is 0 Å². The smallest absolute Gasteiger partial charge is 0.0374 e. The lowest BCUT2D eigenvalue weighted by atomic mass is 9.76. The van der Waals surface area contributed by atoms with Gasteiger partial charge in [-0.25, -0.2) is 0 Å². The Kier molecular flexibility index (Phi) is 4.10. The molecule has 1 aliphatic heterocycles. The molecule has 1 aromatic carbocycles. The highest BCUT2D eigenvalue weighted by atomic mass is 14.9. The van der Waals surface area contributed by atoms with Gasteiger partial charge in [0.25, 0.3) is 0 Å². The van der Waals surface area contributed by atoms with E-state index in [9.17, 15) is 0 Å². The summed E-state index contributed by atoms with van der Waals surface area (Å²) in [6.45, 7) is 2.36. The predicted molar refractivity (Wildman–Crippen MR) is 82.5 cm³/mol. The van der Waals surface area contributed by atoms with E-state index in [1.165, 1.54) is 62.6 Å². The summed E-state index contributed by atoms with van der Waals surface area (Å²) in [6.07, 6.45) is 11.3. The average molecular weight is 257 g/mol. The maximum atomic E-state index is 3.78. The molecule has 1 saturated carbocycles. The van der Waals surface area contributed by atoms with Crippen LogP contribution in [0, 0.1) is 11.8 Å². The highest BCUT2D eigenvalue weighted by molar-refractivity contribution is 5.53. The van der Waals surface area contributed by atoms with Crippen molar-refractivity contribution in [3.05, 3.63) is 29.8 Å². The molecular formula is C18H27N. The summed E-state index contributed by atoms with van der Waals surface area (Å²) >= 11 is 0. The topological polar surface area (TPSA) is 12.0 Å². The maximum absolute atomic E-state index is 3.78. The Morgan fingerprint density at radius 2 is 1.95 bits per heavy atom. The normalized spacial score (nSPS) is 30.5. The molecule has 0 saturated heterocycles. The summed E-state index contributed by atoms with van der Waals surface area (Å²) in [5.41, 5.74) is 2.90. The van der Waals surface area contributed by atoms with E-state index in [1.807, 2.05) is 0 Å².